The normalized spacial score (nSPS) is 17.4. The second-order valence-corrected chi connectivity index (χ2v) is 11.4. The average Bonchev–Trinajstić information content (AvgIpc) is 3.57. The van der Waals surface area contributed by atoms with Crippen LogP contribution in [0.2, 0.25) is 0 Å². The van der Waals surface area contributed by atoms with Crippen molar-refractivity contribution >= 4 is 27.7 Å². The number of anilines is 2. The molecule has 2 aliphatic rings. The first kappa shape index (κ1) is 23.8. The molecule has 0 aliphatic carbocycles. The predicted octanol–water partition coefficient (Wildman–Crippen LogP) is 4.58. The Labute approximate surface area is 220 Å². The second kappa shape index (κ2) is 9.72. The van der Waals surface area contributed by atoms with Crippen LogP contribution in [0.4, 0.5) is 10.8 Å². The number of fused-ring (bicyclic) bond motifs is 1. The molecule has 0 bridgehead atoms. The molecule has 0 saturated carbocycles. The summed E-state index contributed by atoms with van der Waals surface area (Å²) in [5.74, 6) is 0. The highest BCUT2D eigenvalue weighted by Gasteiger charge is 2.36. The van der Waals surface area contributed by atoms with Crippen molar-refractivity contribution in [2.24, 2.45) is 5.41 Å². The summed E-state index contributed by atoms with van der Waals surface area (Å²) in [6.07, 6.45) is 8.50. The Bertz CT molecular complexity index is 1450. The van der Waals surface area contributed by atoms with Crippen molar-refractivity contribution in [2.75, 3.05) is 36.4 Å². The van der Waals surface area contributed by atoms with Crippen LogP contribution in [-0.4, -0.2) is 57.0 Å². The molecular weight excluding hydrogens is 482 g/mol. The Balaban J connectivity index is 1.27. The molecule has 9 nitrogen and oxygen atoms in total. The molecule has 190 valence electrons. The number of nitriles is 1. The number of nitrogens with zero attached hydrogens (tertiary/aromatic N) is 7. The maximum Gasteiger partial charge on any atom is 0.208 e. The van der Waals surface area contributed by atoms with Gasteiger partial charge in [0, 0.05) is 31.0 Å². The molecule has 2 aliphatic heterocycles. The van der Waals surface area contributed by atoms with Crippen LogP contribution in [0, 0.1) is 16.7 Å². The summed E-state index contributed by atoms with van der Waals surface area (Å²) in [7, 11) is 0. The number of pyridine rings is 1. The molecule has 6 heterocycles. The van der Waals surface area contributed by atoms with Crippen LogP contribution in [-0.2, 0) is 0 Å². The molecule has 6 rings (SSSR count). The van der Waals surface area contributed by atoms with Crippen LogP contribution >= 0.6 is 11.3 Å². The van der Waals surface area contributed by atoms with Gasteiger partial charge in [0.2, 0.25) is 5.13 Å². The number of hydrogen-bond donors (Lipinski definition) is 2. The lowest BCUT2D eigenvalue weighted by molar-refractivity contribution is 0.155. The molecule has 0 amide bonds. The van der Waals surface area contributed by atoms with E-state index in [0.29, 0.717) is 11.0 Å². The van der Waals surface area contributed by atoms with Crippen LogP contribution in [0.15, 0.2) is 36.7 Å². The fourth-order valence-electron chi connectivity index (χ4n) is 5.53. The zero-order chi connectivity index (χ0) is 25.4. The van der Waals surface area contributed by atoms with E-state index in [1.165, 1.54) is 25.7 Å². The largest absolute Gasteiger partial charge is 0.382 e. The van der Waals surface area contributed by atoms with Gasteiger partial charge in [-0.25, -0.2) is 4.52 Å². The third-order valence-electron chi connectivity index (χ3n) is 7.64. The SMILES string of the molecule is CC(C)Nc1cc(-c2ccc3cc(C#N)cnn23)ncc1-c1nnc(N2CCC3(CCNCC3)CC2)s1. The molecule has 2 N–H and O–H groups in total. The maximum absolute atomic E-state index is 9.19. The fraction of sp³-hybridized carbons (Fsp3) is 0.444. The van der Waals surface area contributed by atoms with Gasteiger partial charge in [0.1, 0.15) is 6.07 Å². The Morgan fingerprint density at radius 3 is 2.65 bits per heavy atom. The standard InChI is InChI=1S/C27H31N9S/c1-18(2)32-22-14-23(24-4-3-20-13-19(15-28)16-31-36(20)24)30-17-21(22)25-33-34-26(37-25)35-11-7-27(8-12-35)5-9-29-10-6-27/h3-4,13-14,16-18,29H,5-12H2,1-2H3,(H,30,32). The van der Waals surface area contributed by atoms with Crippen molar-refractivity contribution in [3.63, 3.8) is 0 Å². The Kier molecular flexibility index (Phi) is 6.26. The molecule has 2 fully saturated rings. The third-order valence-corrected chi connectivity index (χ3v) is 8.66. The molecule has 1 spiro atoms. The van der Waals surface area contributed by atoms with E-state index in [1.54, 1.807) is 17.5 Å². The minimum atomic E-state index is 0.241. The summed E-state index contributed by atoms with van der Waals surface area (Å²) in [6, 6.07) is 10.2. The minimum Gasteiger partial charge on any atom is -0.382 e. The van der Waals surface area contributed by atoms with Gasteiger partial charge in [0.15, 0.2) is 5.01 Å². The second-order valence-electron chi connectivity index (χ2n) is 10.5. The molecule has 2 saturated heterocycles. The van der Waals surface area contributed by atoms with Gasteiger partial charge in [0.05, 0.1) is 34.2 Å². The molecule has 0 aromatic carbocycles. The lowest BCUT2D eigenvalue weighted by Gasteiger charge is -2.44. The summed E-state index contributed by atoms with van der Waals surface area (Å²) < 4.78 is 1.82. The van der Waals surface area contributed by atoms with Gasteiger partial charge in [-0.1, -0.05) is 11.3 Å². The van der Waals surface area contributed by atoms with Crippen LogP contribution in [0.5, 0.6) is 0 Å². The van der Waals surface area contributed by atoms with Gasteiger partial charge in [-0.3, -0.25) is 4.98 Å². The van der Waals surface area contributed by atoms with E-state index < -0.39 is 0 Å². The van der Waals surface area contributed by atoms with Gasteiger partial charge >= 0.3 is 0 Å². The minimum absolute atomic E-state index is 0.241. The third kappa shape index (κ3) is 4.65. The number of aromatic nitrogens is 5. The molecule has 37 heavy (non-hydrogen) atoms. The number of piperidine rings is 2. The van der Waals surface area contributed by atoms with Gasteiger partial charge in [-0.2, -0.15) is 10.4 Å². The van der Waals surface area contributed by atoms with E-state index in [-0.39, 0.29) is 6.04 Å². The zero-order valence-corrected chi connectivity index (χ0v) is 22.1. The van der Waals surface area contributed by atoms with Crippen LogP contribution in [0.25, 0.3) is 27.5 Å². The van der Waals surface area contributed by atoms with Crippen molar-refractivity contribution in [2.45, 2.75) is 45.6 Å². The monoisotopic (exact) mass is 513 g/mol. The summed E-state index contributed by atoms with van der Waals surface area (Å²) >= 11 is 1.64. The van der Waals surface area contributed by atoms with Gasteiger partial charge in [0.25, 0.3) is 0 Å². The summed E-state index contributed by atoms with van der Waals surface area (Å²) in [6.45, 7) is 8.63. The highest BCUT2D eigenvalue weighted by atomic mass is 32.1. The average molecular weight is 514 g/mol. The molecular formula is C27H31N9S. The molecule has 0 atom stereocenters. The van der Waals surface area contributed by atoms with Crippen LogP contribution in [0.3, 0.4) is 0 Å². The van der Waals surface area contributed by atoms with E-state index >= 15 is 0 Å². The number of rotatable bonds is 5. The van der Waals surface area contributed by atoms with Crippen molar-refractivity contribution < 1.29 is 0 Å². The van der Waals surface area contributed by atoms with Crippen molar-refractivity contribution in [1.29, 1.82) is 5.26 Å². The first-order valence-corrected chi connectivity index (χ1v) is 13.8. The highest BCUT2D eigenvalue weighted by Crippen LogP contribution is 2.42. The molecule has 4 aromatic heterocycles. The quantitative estimate of drug-likeness (QED) is 0.399. The zero-order valence-electron chi connectivity index (χ0n) is 21.2. The lowest BCUT2D eigenvalue weighted by Crippen LogP contribution is -2.45. The van der Waals surface area contributed by atoms with Gasteiger partial charge in [-0.15, -0.1) is 10.2 Å². The molecule has 0 radical (unpaired) electrons. The van der Waals surface area contributed by atoms with Crippen molar-refractivity contribution in [1.82, 2.24) is 30.1 Å². The topological polar surface area (TPSA) is 107 Å². The van der Waals surface area contributed by atoms with Gasteiger partial charge < -0.3 is 15.5 Å². The predicted molar refractivity (Wildman–Crippen MR) is 147 cm³/mol. The summed E-state index contributed by atoms with van der Waals surface area (Å²) in [5.41, 5.74) is 5.51. The van der Waals surface area contributed by atoms with E-state index in [9.17, 15) is 5.26 Å². The lowest BCUT2D eigenvalue weighted by atomic mass is 9.72. The molecule has 10 heteroatoms. The Hall–Kier alpha value is -3.55. The van der Waals surface area contributed by atoms with E-state index in [1.807, 2.05) is 28.9 Å². The fourth-order valence-corrected chi connectivity index (χ4v) is 6.45. The number of hydrogen-bond acceptors (Lipinski definition) is 9. The van der Waals surface area contributed by atoms with Crippen molar-refractivity contribution in [3.8, 4) is 28.0 Å². The van der Waals surface area contributed by atoms with Gasteiger partial charge in [-0.05, 0) is 82.3 Å². The van der Waals surface area contributed by atoms with Crippen LogP contribution in [0.1, 0.15) is 45.1 Å². The first-order valence-electron chi connectivity index (χ1n) is 13.0. The van der Waals surface area contributed by atoms with Crippen LogP contribution < -0.4 is 15.5 Å². The summed E-state index contributed by atoms with van der Waals surface area (Å²) in [5, 5.41) is 31.8. The molecule has 0 unspecified atom stereocenters. The summed E-state index contributed by atoms with van der Waals surface area (Å²) in [4.78, 5) is 7.19. The van der Waals surface area contributed by atoms with E-state index in [4.69, 9.17) is 4.98 Å². The maximum atomic E-state index is 9.19. The Morgan fingerprint density at radius 2 is 1.89 bits per heavy atom. The van der Waals surface area contributed by atoms with Crippen molar-refractivity contribution in [3.05, 3.63) is 42.2 Å². The van der Waals surface area contributed by atoms with E-state index in [0.717, 1.165) is 64.5 Å². The molecule has 4 aromatic rings. The van der Waals surface area contributed by atoms with E-state index in [2.05, 4.69) is 56.8 Å². The highest BCUT2D eigenvalue weighted by molar-refractivity contribution is 7.18. The number of nitrogens with one attached hydrogen (secondary N) is 2. The first-order chi connectivity index (χ1) is 18.0. The Morgan fingerprint density at radius 1 is 1.08 bits per heavy atom. The smallest absolute Gasteiger partial charge is 0.208 e.